The van der Waals surface area contributed by atoms with Crippen molar-refractivity contribution in [1.29, 1.82) is 0 Å². The highest BCUT2D eigenvalue weighted by Crippen LogP contribution is 2.65. The molecule has 0 aromatic heterocycles. The molecule has 3 heteroatoms. The molecule has 0 bridgehead atoms. The van der Waals surface area contributed by atoms with Gasteiger partial charge in [0, 0.05) is 16.2 Å². The first kappa shape index (κ1) is 31.3. The zero-order valence-corrected chi connectivity index (χ0v) is 28.7. The average Bonchev–Trinajstić information content (AvgIpc) is 3.13. The van der Waals surface area contributed by atoms with Crippen LogP contribution in [0.15, 0.2) is 194 Å². The molecule has 0 amide bonds. The van der Waals surface area contributed by atoms with E-state index >= 15 is 0 Å². The first-order chi connectivity index (χ1) is 21.9. The van der Waals surface area contributed by atoms with Crippen molar-refractivity contribution in [2.45, 2.75) is 15.5 Å². The molecule has 0 heterocycles. The molecule has 0 spiro atoms. The molecule has 3 unspecified atom stereocenters. The fourth-order valence-corrected chi connectivity index (χ4v) is 8.89. The monoisotopic (exact) mass is 635 g/mol. The van der Waals surface area contributed by atoms with Crippen molar-refractivity contribution >= 4 is 27.7 Å². The lowest BCUT2D eigenvalue weighted by atomic mass is 9.61. The quantitative estimate of drug-likeness (QED) is 0.131. The zero-order valence-electron chi connectivity index (χ0n) is 25.3. The van der Waals surface area contributed by atoms with Gasteiger partial charge < -0.3 is 0 Å². The minimum Gasteiger partial charge on any atom is -0.121 e. The second-order valence-electron chi connectivity index (χ2n) is 11.5. The van der Waals surface area contributed by atoms with Gasteiger partial charge in [-0.25, -0.2) is 0 Å². The number of hydrogen-bond donors (Lipinski definition) is 0. The van der Waals surface area contributed by atoms with E-state index < -0.39 is 15.5 Å². The molecule has 0 aliphatic heterocycles. The Hall–Kier alpha value is -3.65. The Morgan fingerprint density at radius 1 is 0.311 bits per heavy atom. The summed E-state index contributed by atoms with van der Waals surface area (Å²) in [4.78, 5) is 0. The van der Waals surface area contributed by atoms with Crippen LogP contribution in [0.3, 0.4) is 0 Å². The molecule has 0 aliphatic rings. The van der Waals surface area contributed by atoms with Gasteiger partial charge in [-0.3, -0.25) is 0 Å². The van der Waals surface area contributed by atoms with Crippen LogP contribution >= 0.6 is 27.7 Å². The molecule has 0 N–H and O–H groups in total. The Morgan fingerprint density at radius 3 is 0.689 bits per heavy atom. The molecule has 0 saturated carbocycles. The van der Waals surface area contributed by atoms with E-state index in [0.29, 0.717) is 0 Å². The smallest absolute Gasteiger partial charge is 0.0555 e. The predicted molar refractivity (Wildman–Crippen MR) is 203 cm³/mol. The van der Waals surface area contributed by atoms with Crippen LogP contribution in [0.25, 0.3) is 0 Å². The van der Waals surface area contributed by atoms with Crippen LogP contribution in [0.1, 0.15) is 33.4 Å². The lowest BCUT2D eigenvalue weighted by Gasteiger charge is -2.53. The van der Waals surface area contributed by atoms with E-state index in [1.807, 2.05) is 0 Å². The molecular formula is C42H38P3. The summed E-state index contributed by atoms with van der Waals surface area (Å²) in [5, 5.41) is -1.98. The lowest BCUT2D eigenvalue weighted by Crippen LogP contribution is -2.46. The summed E-state index contributed by atoms with van der Waals surface area (Å²) in [6.45, 7) is 5.13. The van der Waals surface area contributed by atoms with E-state index in [4.69, 9.17) is 6.58 Å². The van der Waals surface area contributed by atoms with E-state index in [-0.39, 0.29) is 0 Å². The van der Waals surface area contributed by atoms with E-state index in [1.54, 1.807) is 0 Å². The van der Waals surface area contributed by atoms with E-state index in [2.05, 4.69) is 210 Å². The fourth-order valence-electron chi connectivity index (χ4n) is 6.62. The number of rotatable bonds is 10. The Morgan fingerprint density at radius 2 is 0.489 bits per heavy atom. The Kier molecular flexibility index (Phi) is 9.31. The Balaban J connectivity index is 1.76. The van der Waals surface area contributed by atoms with E-state index in [0.717, 1.165) is 16.7 Å². The van der Waals surface area contributed by atoms with E-state index in [9.17, 15) is 0 Å². The molecule has 1 radical (unpaired) electrons. The highest BCUT2D eigenvalue weighted by molar-refractivity contribution is 7.22. The van der Waals surface area contributed by atoms with Crippen LogP contribution < -0.4 is 0 Å². The number of benzene rings is 6. The topological polar surface area (TPSA) is 0 Å². The van der Waals surface area contributed by atoms with Gasteiger partial charge in [-0.05, 0) is 39.0 Å². The molecule has 6 aromatic carbocycles. The van der Waals surface area contributed by atoms with Crippen molar-refractivity contribution in [3.8, 4) is 0 Å². The lowest BCUT2D eigenvalue weighted by molar-refractivity contribution is 0.602. The van der Waals surface area contributed by atoms with Crippen LogP contribution in [0.4, 0.5) is 0 Å². The van der Waals surface area contributed by atoms with Gasteiger partial charge >= 0.3 is 0 Å². The molecule has 45 heavy (non-hydrogen) atoms. The maximum absolute atomic E-state index is 5.13. The van der Waals surface area contributed by atoms with Gasteiger partial charge in [0.2, 0.25) is 0 Å². The molecule has 0 nitrogen and oxygen atoms in total. The van der Waals surface area contributed by atoms with Crippen molar-refractivity contribution in [1.82, 2.24) is 0 Å². The SMILES string of the molecule is C=C([C](C(P)(c1ccccc1)c1ccccc1)C(P)(c1ccccc1)c1ccccc1)C(P)(c1ccccc1)c1ccccc1. The van der Waals surface area contributed by atoms with Gasteiger partial charge in [0.15, 0.2) is 0 Å². The minimum atomic E-state index is -0.668. The second-order valence-corrected chi connectivity index (χ2v) is 14.1. The Bertz CT molecular complexity index is 1610. The van der Waals surface area contributed by atoms with Gasteiger partial charge in [0.1, 0.15) is 0 Å². The normalized spacial score (nSPS) is 12.2. The molecule has 0 fully saturated rings. The molecule has 221 valence electrons. The fraction of sp³-hybridized carbons (Fsp3) is 0.0714. The summed E-state index contributed by atoms with van der Waals surface area (Å²) < 4.78 is 0. The Labute approximate surface area is 275 Å². The second kappa shape index (κ2) is 13.4. The summed E-state index contributed by atoms with van der Waals surface area (Å²) in [6, 6.07) is 64.8. The van der Waals surface area contributed by atoms with Gasteiger partial charge in [-0.2, -0.15) is 0 Å². The molecule has 0 aliphatic carbocycles. The van der Waals surface area contributed by atoms with Crippen LogP contribution in [-0.2, 0) is 15.5 Å². The maximum atomic E-state index is 5.13. The van der Waals surface area contributed by atoms with Crippen LogP contribution in [0.5, 0.6) is 0 Å². The van der Waals surface area contributed by atoms with Gasteiger partial charge in [-0.15, -0.1) is 27.7 Å². The summed E-state index contributed by atoms with van der Waals surface area (Å²) >= 11 is 0. The van der Waals surface area contributed by atoms with Crippen molar-refractivity contribution in [2.75, 3.05) is 0 Å². The first-order valence-corrected chi connectivity index (χ1v) is 16.9. The van der Waals surface area contributed by atoms with Gasteiger partial charge in [-0.1, -0.05) is 189 Å². The predicted octanol–water partition coefficient (Wildman–Crippen LogP) is 10.6. The largest absolute Gasteiger partial charge is 0.121 e. The highest BCUT2D eigenvalue weighted by atomic mass is 31.0. The van der Waals surface area contributed by atoms with Crippen molar-refractivity contribution < 1.29 is 0 Å². The molecule has 6 rings (SSSR count). The van der Waals surface area contributed by atoms with E-state index in [1.165, 1.54) is 28.2 Å². The average molecular weight is 636 g/mol. The van der Waals surface area contributed by atoms with Crippen LogP contribution in [0, 0.1) is 5.92 Å². The van der Waals surface area contributed by atoms with Crippen molar-refractivity contribution in [3.63, 3.8) is 0 Å². The third-order valence-electron chi connectivity index (χ3n) is 8.94. The standard InChI is InChI=1S/C42H38P3/c1-32(40(43,33-20-8-2-9-21-33)34-22-10-3-11-23-34)39(41(44,35-24-12-4-13-25-35)36-26-14-5-15-27-36)42(45,37-28-16-6-17-29-37)38-30-18-7-19-31-38/h2-31H,1,43-45H2. The van der Waals surface area contributed by atoms with Crippen LogP contribution in [0.2, 0.25) is 0 Å². The molecule has 0 saturated heterocycles. The molecule has 6 aromatic rings. The first-order valence-electron chi connectivity index (χ1n) is 15.2. The van der Waals surface area contributed by atoms with Crippen LogP contribution in [-0.4, -0.2) is 0 Å². The van der Waals surface area contributed by atoms with Crippen molar-refractivity contribution in [2.24, 2.45) is 0 Å². The third kappa shape index (κ3) is 5.66. The van der Waals surface area contributed by atoms with Gasteiger partial charge in [0.05, 0.1) is 5.16 Å². The number of allylic oxidation sites excluding steroid dienone is 1. The summed E-state index contributed by atoms with van der Waals surface area (Å²) in [5.74, 6) is 1.17. The summed E-state index contributed by atoms with van der Waals surface area (Å²) in [6.07, 6.45) is 0. The van der Waals surface area contributed by atoms with Crippen molar-refractivity contribution in [3.05, 3.63) is 233 Å². The summed E-state index contributed by atoms with van der Waals surface area (Å²) in [7, 11) is 9.91. The van der Waals surface area contributed by atoms with Gasteiger partial charge in [0.25, 0.3) is 0 Å². The molecule has 3 atom stereocenters. The maximum Gasteiger partial charge on any atom is 0.0555 e. The minimum absolute atomic E-state index is 0.644. The number of hydrogen-bond acceptors (Lipinski definition) is 0. The highest BCUT2D eigenvalue weighted by Gasteiger charge is 2.55. The molecular weight excluding hydrogens is 597 g/mol. The third-order valence-corrected chi connectivity index (χ3v) is 11.9. The summed E-state index contributed by atoms with van der Waals surface area (Å²) in [5.41, 5.74) is 8.01. The zero-order chi connectivity index (χ0) is 31.3.